The summed E-state index contributed by atoms with van der Waals surface area (Å²) in [6.07, 6.45) is 3.69. The third kappa shape index (κ3) is 2.20. The zero-order valence-corrected chi connectivity index (χ0v) is 12.3. The molecule has 0 amide bonds. The van der Waals surface area contributed by atoms with Gasteiger partial charge in [-0.05, 0) is 12.3 Å². The van der Waals surface area contributed by atoms with Crippen LogP contribution in [0.4, 0.5) is 0 Å². The maximum atomic E-state index is 6.23. The number of benzene rings is 1. The minimum Gasteiger partial charge on any atom is -0.277 e. The van der Waals surface area contributed by atoms with Crippen molar-refractivity contribution >= 4 is 40.5 Å². The molecule has 3 nitrogen and oxygen atoms in total. The van der Waals surface area contributed by atoms with Gasteiger partial charge in [-0.1, -0.05) is 53.2 Å². The minimum atomic E-state index is 0.450. The summed E-state index contributed by atoms with van der Waals surface area (Å²) in [6.45, 7) is 0. The lowest BCUT2D eigenvalue weighted by molar-refractivity contribution is 0.900. The summed E-state index contributed by atoms with van der Waals surface area (Å²) in [6, 6.07) is 9.42. The molecule has 0 bridgehead atoms. The van der Waals surface area contributed by atoms with Crippen molar-refractivity contribution in [3.8, 4) is 11.3 Å². The molecule has 0 atom stereocenters. The monoisotopic (exact) mass is 309 g/mol. The fraction of sp³-hybridized carbons (Fsp3) is 0.0769. The fourth-order valence-electron chi connectivity index (χ4n) is 1.94. The Labute approximate surface area is 124 Å². The van der Waals surface area contributed by atoms with Crippen LogP contribution in [0.15, 0.2) is 41.8 Å². The van der Waals surface area contributed by atoms with Gasteiger partial charge in [0.05, 0.1) is 16.2 Å². The molecule has 2 aromatic heterocycles. The predicted molar refractivity (Wildman–Crippen MR) is 80.2 cm³/mol. The van der Waals surface area contributed by atoms with E-state index < -0.39 is 0 Å². The molecule has 3 rings (SSSR count). The highest BCUT2D eigenvalue weighted by atomic mass is 35.5. The molecule has 0 saturated heterocycles. The second-order valence-electron chi connectivity index (χ2n) is 3.89. The first-order valence-electron chi connectivity index (χ1n) is 5.53. The van der Waals surface area contributed by atoms with Gasteiger partial charge in [-0.15, -0.1) is 0 Å². The minimum absolute atomic E-state index is 0.450. The first-order chi connectivity index (χ1) is 9.20. The molecule has 2 heterocycles. The van der Waals surface area contributed by atoms with E-state index in [-0.39, 0.29) is 0 Å². The van der Waals surface area contributed by atoms with Gasteiger partial charge in [-0.25, -0.2) is 9.97 Å². The van der Waals surface area contributed by atoms with E-state index in [0.717, 1.165) is 21.9 Å². The quantitative estimate of drug-likeness (QED) is 0.398. The van der Waals surface area contributed by atoms with Gasteiger partial charge in [0.25, 0.3) is 0 Å². The fourth-order valence-corrected chi connectivity index (χ4v) is 2.93. The molecule has 3 aromatic rings. The first-order valence-corrected chi connectivity index (χ1v) is 7.51. The van der Waals surface area contributed by atoms with Crippen molar-refractivity contribution in [3.05, 3.63) is 46.8 Å². The number of rotatable bonds is 2. The Bertz CT molecular complexity index is 755. The second-order valence-corrected chi connectivity index (χ2v) is 5.46. The highest BCUT2D eigenvalue weighted by Gasteiger charge is 2.13. The summed E-state index contributed by atoms with van der Waals surface area (Å²) in [4.78, 5) is 8.71. The summed E-state index contributed by atoms with van der Waals surface area (Å²) < 4.78 is 1.91. The molecule has 1 aromatic carbocycles. The number of aromatic nitrogens is 3. The molecule has 19 heavy (non-hydrogen) atoms. The van der Waals surface area contributed by atoms with E-state index in [4.69, 9.17) is 23.2 Å². The van der Waals surface area contributed by atoms with Crippen LogP contribution in [-0.4, -0.2) is 20.6 Å². The smallest absolute Gasteiger partial charge is 0.175 e. The Hall–Kier alpha value is -1.23. The molecule has 0 spiro atoms. The second kappa shape index (κ2) is 5.04. The molecule has 96 valence electrons. The van der Waals surface area contributed by atoms with Gasteiger partial charge < -0.3 is 0 Å². The van der Waals surface area contributed by atoms with E-state index in [0.29, 0.717) is 10.2 Å². The van der Waals surface area contributed by atoms with Crippen molar-refractivity contribution in [2.75, 3.05) is 6.26 Å². The van der Waals surface area contributed by atoms with Crippen molar-refractivity contribution in [2.24, 2.45) is 0 Å². The van der Waals surface area contributed by atoms with Crippen molar-refractivity contribution in [1.82, 2.24) is 14.4 Å². The number of thioether (sulfide) groups is 1. The van der Waals surface area contributed by atoms with Crippen LogP contribution in [0.25, 0.3) is 16.8 Å². The molecule has 0 unspecified atom stereocenters. The van der Waals surface area contributed by atoms with Gasteiger partial charge in [0.15, 0.2) is 5.16 Å². The van der Waals surface area contributed by atoms with Gasteiger partial charge in [0, 0.05) is 11.6 Å². The molecule has 0 saturated carbocycles. The van der Waals surface area contributed by atoms with Crippen LogP contribution in [0.3, 0.4) is 0 Å². The van der Waals surface area contributed by atoms with Crippen LogP contribution in [0.1, 0.15) is 0 Å². The number of fused-ring (bicyclic) bond motifs is 1. The zero-order valence-electron chi connectivity index (χ0n) is 9.97. The number of halogens is 2. The number of imidazole rings is 1. The third-order valence-corrected chi connectivity index (χ3v) is 3.96. The molecule has 0 aliphatic rings. The molecular weight excluding hydrogens is 301 g/mol. The Balaban J connectivity index is 2.32. The molecule has 6 heteroatoms. The number of hydrogen-bond donors (Lipinski definition) is 0. The average molecular weight is 310 g/mol. The average Bonchev–Trinajstić information content (AvgIpc) is 2.82. The van der Waals surface area contributed by atoms with Gasteiger partial charge in [0.2, 0.25) is 0 Å². The van der Waals surface area contributed by atoms with Gasteiger partial charge >= 0.3 is 0 Å². The number of nitrogens with zero attached hydrogens (tertiary/aromatic N) is 3. The van der Waals surface area contributed by atoms with Crippen molar-refractivity contribution in [1.29, 1.82) is 0 Å². The first kappa shape index (κ1) is 12.8. The van der Waals surface area contributed by atoms with E-state index in [9.17, 15) is 0 Å². The normalized spacial score (nSPS) is 11.1. The van der Waals surface area contributed by atoms with E-state index in [1.54, 1.807) is 12.4 Å². The molecular formula is C13H9Cl2N3S. The molecule has 0 N–H and O–H groups in total. The molecule has 0 aliphatic carbocycles. The van der Waals surface area contributed by atoms with Crippen LogP contribution in [0, 0.1) is 0 Å². The highest BCUT2D eigenvalue weighted by molar-refractivity contribution is 7.98. The van der Waals surface area contributed by atoms with Gasteiger partial charge in [-0.2, -0.15) is 0 Å². The van der Waals surface area contributed by atoms with Gasteiger partial charge in [-0.3, -0.25) is 4.40 Å². The summed E-state index contributed by atoms with van der Waals surface area (Å²) in [7, 11) is 0. The SMILES string of the molecule is CSc1nc(Cl)cc2c(-c3ccccc3Cl)ncn12. The van der Waals surface area contributed by atoms with E-state index >= 15 is 0 Å². The standard InChI is InChI=1S/C13H9Cl2N3S/c1-19-13-17-11(15)6-10-12(16-7-18(10)13)8-4-2-3-5-9(8)14/h2-7H,1H3. The number of hydrogen-bond acceptors (Lipinski definition) is 3. The largest absolute Gasteiger partial charge is 0.277 e. The Morgan fingerprint density at radius 1 is 1.21 bits per heavy atom. The van der Waals surface area contributed by atoms with Crippen LogP contribution >= 0.6 is 35.0 Å². The van der Waals surface area contributed by atoms with Crippen molar-refractivity contribution in [3.63, 3.8) is 0 Å². The van der Waals surface area contributed by atoms with Crippen molar-refractivity contribution < 1.29 is 0 Å². The predicted octanol–water partition coefficient (Wildman–Crippen LogP) is 4.43. The Kier molecular flexibility index (Phi) is 3.39. The third-order valence-electron chi connectivity index (χ3n) is 2.78. The molecule has 0 aliphatic heterocycles. The maximum absolute atomic E-state index is 6.23. The van der Waals surface area contributed by atoms with Crippen LogP contribution in [0.2, 0.25) is 10.2 Å². The molecule has 0 fully saturated rings. The lowest BCUT2D eigenvalue weighted by Crippen LogP contribution is -1.92. The summed E-state index contributed by atoms with van der Waals surface area (Å²) in [5.41, 5.74) is 2.60. The highest BCUT2D eigenvalue weighted by Crippen LogP contribution is 2.31. The van der Waals surface area contributed by atoms with E-state index in [2.05, 4.69) is 9.97 Å². The lowest BCUT2D eigenvalue weighted by Gasteiger charge is -2.04. The summed E-state index contributed by atoms with van der Waals surface area (Å²) in [5.74, 6) is 0. The van der Waals surface area contributed by atoms with Crippen LogP contribution < -0.4 is 0 Å². The van der Waals surface area contributed by atoms with E-state index in [1.807, 2.05) is 34.9 Å². The maximum Gasteiger partial charge on any atom is 0.175 e. The molecule has 0 radical (unpaired) electrons. The lowest BCUT2D eigenvalue weighted by atomic mass is 10.1. The summed E-state index contributed by atoms with van der Waals surface area (Å²) >= 11 is 13.8. The van der Waals surface area contributed by atoms with E-state index in [1.165, 1.54) is 11.8 Å². The van der Waals surface area contributed by atoms with Gasteiger partial charge in [0.1, 0.15) is 11.5 Å². The van der Waals surface area contributed by atoms with Crippen LogP contribution in [-0.2, 0) is 0 Å². The Morgan fingerprint density at radius 2 is 2.00 bits per heavy atom. The van der Waals surface area contributed by atoms with Crippen molar-refractivity contribution in [2.45, 2.75) is 5.16 Å². The Morgan fingerprint density at radius 3 is 2.74 bits per heavy atom. The summed E-state index contributed by atoms with van der Waals surface area (Å²) in [5, 5.41) is 1.92. The zero-order chi connectivity index (χ0) is 13.4. The van der Waals surface area contributed by atoms with Crippen LogP contribution in [0.5, 0.6) is 0 Å². The topological polar surface area (TPSA) is 30.2 Å².